The summed E-state index contributed by atoms with van der Waals surface area (Å²) in [5, 5.41) is 0. The lowest BCUT2D eigenvalue weighted by molar-refractivity contribution is -0.128. The maximum Gasteiger partial charge on any atom is 0.253 e. The molecule has 0 spiro atoms. The van der Waals surface area contributed by atoms with Crippen LogP contribution in [0, 0.1) is 0 Å². The van der Waals surface area contributed by atoms with E-state index in [1.165, 1.54) is 0 Å². The van der Waals surface area contributed by atoms with E-state index in [0.717, 1.165) is 12.4 Å². The summed E-state index contributed by atoms with van der Waals surface area (Å²) in [5.41, 5.74) is -0.328. The lowest BCUT2D eigenvalue weighted by Gasteiger charge is -2.20. The van der Waals surface area contributed by atoms with Crippen LogP contribution in [0.25, 0.3) is 0 Å². The summed E-state index contributed by atoms with van der Waals surface area (Å²) in [5.74, 6) is -4.63. The number of nitrogens with one attached hydrogen (secondary N) is 2. The summed E-state index contributed by atoms with van der Waals surface area (Å²) in [4.78, 5) is 25.9. The first kappa shape index (κ1) is 20.1. The zero-order valence-electron chi connectivity index (χ0n) is 14.9. The summed E-state index contributed by atoms with van der Waals surface area (Å²) in [7, 11) is 0. The first-order chi connectivity index (χ1) is 12.1. The van der Waals surface area contributed by atoms with E-state index in [0.29, 0.717) is 11.6 Å². The van der Waals surface area contributed by atoms with Gasteiger partial charge in [0.15, 0.2) is 5.78 Å². The number of imidazole rings is 2. The number of rotatable bonds is 8. The highest BCUT2D eigenvalue weighted by Crippen LogP contribution is 2.34. The number of nitrogens with zero attached hydrogens (tertiary/aromatic N) is 2. The molecule has 0 bridgehead atoms. The van der Waals surface area contributed by atoms with Crippen LogP contribution in [-0.4, -0.2) is 38.6 Å². The lowest BCUT2D eigenvalue weighted by atomic mass is 9.89. The minimum atomic E-state index is -3.14. The molecule has 0 aliphatic heterocycles. The van der Waals surface area contributed by atoms with Gasteiger partial charge in [0.25, 0.3) is 12.9 Å². The van der Waals surface area contributed by atoms with E-state index < -0.39 is 30.5 Å². The van der Waals surface area contributed by atoms with Crippen molar-refractivity contribution in [3.8, 4) is 0 Å². The van der Waals surface area contributed by atoms with Gasteiger partial charge in [-0.2, -0.15) is 0 Å². The van der Waals surface area contributed by atoms with Crippen molar-refractivity contribution >= 4 is 5.78 Å². The number of halogens is 4. The highest BCUT2D eigenvalue weighted by molar-refractivity contribution is 5.91. The van der Waals surface area contributed by atoms with Gasteiger partial charge in [-0.3, -0.25) is 4.79 Å². The smallest absolute Gasteiger partial charge is 0.253 e. The Balaban J connectivity index is 2.39. The Labute approximate surface area is 148 Å². The fourth-order valence-corrected chi connectivity index (χ4v) is 2.63. The van der Waals surface area contributed by atoms with Crippen LogP contribution in [0.5, 0.6) is 0 Å². The predicted molar refractivity (Wildman–Crippen MR) is 87.9 cm³/mol. The molecule has 2 aromatic heterocycles. The topological polar surface area (TPSA) is 74.4 Å². The average Bonchev–Trinajstić information content (AvgIpc) is 3.16. The van der Waals surface area contributed by atoms with Crippen molar-refractivity contribution < 1.29 is 22.4 Å². The van der Waals surface area contributed by atoms with Gasteiger partial charge in [-0.05, 0) is 0 Å². The molecule has 5 nitrogen and oxygen atoms in total. The minimum Gasteiger partial charge on any atom is -0.345 e. The molecule has 2 heterocycles. The minimum absolute atomic E-state index is 0.0794. The highest BCUT2D eigenvalue weighted by Gasteiger charge is 2.42. The van der Waals surface area contributed by atoms with Crippen LogP contribution in [-0.2, 0) is 4.79 Å². The molecular formula is C17H22F4N4O. The molecule has 144 valence electrons. The van der Waals surface area contributed by atoms with Crippen molar-refractivity contribution in [3.05, 3.63) is 35.4 Å². The van der Waals surface area contributed by atoms with Crippen LogP contribution in [0.2, 0.25) is 0 Å². The van der Waals surface area contributed by atoms with Crippen molar-refractivity contribution in [2.75, 3.05) is 0 Å². The molecule has 0 radical (unpaired) electrons. The molecule has 2 N–H and O–H groups in total. The van der Waals surface area contributed by atoms with Crippen molar-refractivity contribution in [2.45, 2.75) is 64.2 Å². The molecule has 0 fully saturated rings. The molecule has 0 aromatic carbocycles. The second kappa shape index (κ2) is 8.01. The standard InChI is InChI=1S/C17H22F4N4O/c1-7(2)16-22-5-9(24-16)11(14(18)19)13(26)12(15(20)21)10-6-23-17(25-10)8(3)4/h5-8,11-12,14-15H,1-4H3,(H,22,24)(H,23,25). The molecule has 26 heavy (non-hydrogen) atoms. The molecule has 2 aromatic rings. The van der Waals surface area contributed by atoms with E-state index in [9.17, 15) is 22.4 Å². The van der Waals surface area contributed by atoms with Crippen molar-refractivity contribution in [3.63, 3.8) is 0 Å². The molecule has 2 atom stereocenters. The zero-order valence-corrected chi connectivity index (χ0v) is 14.9. The maximum absolute atomic E-state index is 13.6. The third-order valence-electron chi connectivity index (χ3n) is 4.11. The van der Waals surface area contributed by atoms with Gasteiger partial charge in [0, 0.05) is 24.2 Å². The number of H-pyrrole nitrogens is 2. The van der Waals surface area contributed by atoms with Gasteiger partial charge in [0.05, 0.1) is 11.4 Å². The lowest BCUT2D eigenvalue weighted by Crippen LogP contribution is -2.30. The molecule has 2 unspecified atom stereocenters. The van der Waals surface area contributed by atoms with Gasteiger partial charge in [-0.25, -0.2) is 27.5 Å². The molecule has 9 heteroatoms. The van der Waals surface area contributed by atoms with Gasteiger partial charge in [-0.1, -0.05) is 27.7 Å². The van der Waals surface area contributed by atoms with E-state index in [-0.39, 0.29) is 23.2 Å². The zero-order chi connectivity index (χ0) is 19.6. The maximum atomic E-state index is 13.6. The van der Waals surface area contributed by atoms with Gasteiger partial charge in [-0.15, -0.1) is 0 Å². The summed E-state index contributed by atoms with van der Waals surface area (Å²) in [6.07, 6.45) is -4.06. The van der Waals surface area contributed by atoms with E-state index in [1.54, 1.807) is 27.7 Å². The Morgan fingerprint density at radius 2 is 1.15 bits per heavy atom. The number of aromatic nitrogens is 4. The molecule has 2 rings (SSSR count). The average molecular weight is 374 g/mol. The monoisotopic (exact) mass is 374 g/mol. The third-order valence-corrected chi connectivity index (χ3v) is 4.11. The summed E-state index contributed by atoms with van der Waals surface area (Å²) >= 11 is 0. The number of hydrogen-bond donors (Lipinski definition) is 2. The predicted octanol–water partition coefficient (Wildman–Crippen LogP) is 4.35. The molecular weight excluding hydrogens is 352 g/mol. The molecule has 0 aliphatic rings. The normalized spacial score (nSPS) is 14.6. The fourth-order valence-electron chi connectivity index (χ4n) is 2.63. The van der Waals surface area contributed by atoms with Crippen molar-refractivity contribution in [1.29, 1.82) is 0 Å². The Kier molecular flexibility index (Phi) is 6.20. The Hall–Kier alpha value is -2.19. The number of Topliss-reactive ketones (excluding diaryl/α,β-unsaturated/α-hetero) is 1. The Morgan fingerprint density at radius 3 is 1.38 bits per heavy atom. The summed E-state index contributed by atoms with van der Waals surface area (Å²) < 4.78 is 54.3. The quantitative estimate of drug-likeness (QED) is 0.675. The first-order valence-corrected chi connectivity index (χ1v) is 8.33. The van der Waals surface area contributed by atoms with E-state index >= 15 is 0 Å². The molecule has 0 saturated heterocycles. The summed E-state index contributed by atoms with van der Waals surface area (Å²) in [6.45, 7) is 7.17. The van der Waals surface area contributed by atoms with Crippen LogP contribution < -0.4 is 0 Å². The second-order valence-corrected chi connectivity index (χ2v) is 6.78. The van der Waals surface area contributed by atoms with Gasteiger partial charge in [0.1, 0.15) is 23.5 Å². The fraction of sp³-hybridized carbons (Fsp3) is 0.588. The van der Waals surface area contributed by atoms with E-state index in [4.69, 9.17) is 0 Å². The first-order valence-electron chi connectivity index (χ1n) is 8.33. The number of ketones is 1. The molecule has 0 saturated carbocycles. The highest BCUT2D eigenvalue weighted by atomic mass is 19.3. The van der Waals surface area contributed by atoms with Crippen LogP contribution in [0.3, 0.4) is 0 Å². The van der Waals surface area contributed by atoms with Crippen LogP contribution in [0.4, 0.5) is 17.6 Å². The van der Waals surface area contributed by atoms with Crippen molar-refractivity contribution in [1.82, 2.24) is 19.9 Å². The number of alkyl halides is 4. The number of hydrogen-bond acceptors (Lipinski definition) is 3. The van der Waals surface area contributed by atoms with Crippen LogP contribution >= 0.6 is 0 Å². The number of carbonyl (C=O) groups excluding carboxylic acids is 1. The van der Waals surface area contributed by atoms with Crippen LogP contribution in [0.15, 0.2) is 12.4 Å². The van der Waals surface area contributed by atoms with E-state index in [1.807, 2.05) is 0 Å². The number of aromatic amines is 2. The Bertz CT molecular complexity index is 678. The largest absolute Gasteiger partial charge is 0.345 e. The van der Waals surface area contributed by atoms with Crippen LogP contribution in [0.1, 0.15) is 74.4 Å². The van der Waals surface area contributed by atoms with Gasteiger partial charge in [0.2, 0.25) is 0 Å². The summed E-state index contributed by atoms with van der Waals surface area (Å²) in [6, 6.07) is 0. The van der Waals surface area contributed by atoms with Gasteiger partial charge < -0.3 is 9.97 Å². The van der Waals surface area contributed by atoms with Gasteiger partial charge >= 0.3 is 0 Å². The SMILES string of the molecule is CC(C)c1ncc(C(C(=O)C(c2cnc(C(C)C)[nH]2)C(F)F)C(F)F)[nH]1. The van der Waals surface area contributed by atoms with Crippen molar-refractivity contribution in [2.24, 2.45) is 0 Å². The molecule has 0 aliphatic carbocycles. The third kappa shape index (κ3) is 4.13. The second-order valence-electron chi connectivity index (χ2n) is 6.78. The molecule has 0 amide bonds. The Morgan fingerprint density at radius 1 is 0.808 bits per heavy atom. The number of carbonyl (C=O) groups is 1. The van der Waals surface area contributed by atoms with E-state index in [2.05, 4.69) is 19.9 Å².